The third-order valence-corrected chi connectivity index (χ3v) is 4.23. The lowest BCUT2D eigenvalue weighted by Gasteiger charge is -2.18. The molecule has 0 unspecified atom stereocenters. The summed E-state index contributed by atoms with van der Waals surface area (Å²) in [6, 6.07) is 11.9. The van der Waals surface area contributed by atoms with Gasteiger partial charge in [0, 0.05) is 29.9 Å². The molecule has 0 aliphatic carbocycles. The predicted molar refractivity (Wildman–Crippen MR) is 110 cm³/mol. The van der Waals surface area contributed by atoms with Crippen molar-refractivity contribution >= 4 is 17.5 Å². The molecule has 0 aliphatic rings. The van der Waals surface area contributed by atoms with Crippen molar-refractivity contribution in [3.05, 3.63) is 53.6 Å². The second kappa shape index (κ2) is 9.78. The molecule has 150 valence electrons. The van der Waals surface area contributed by atoms with Gasteiger partial charge < -0.3 is 19.7 Å². The molecule has 0 saturated carbocycles. The minimum atomic E-state index is -0.266. The lowest BCUT2D eigenvalue weighted by atomic mass is 10.1. The van der Waals surface area contributed by atoms with Crippen molar-refractivity contribution < 1.29 is 19.1 Å². The fourth-order valence-corrected chi connectivity index (χ4v) is 2.75. The van der Waals surface area contributed by atoms with Gasteiger partial charge in [-0.1, -0.05) is 0 Å². The topological polar surface area (TPSA) is 67.9 Å². The fraction of sp³-hybridized carbons (Fsp3) is 0.364. The number of carbonyl (C=O) groups excluding carboxylic acids is 2. The van der Waals surface area contributed by atoms with Gasteiger partial charge in [-0.25, -0.2) is 0 Å². The van der Waals surface area contributed by atoms with Gasteiger partial charge in [-0.2, -0.15) is 0 Å². The Morgan fingerprint density at radius 2 is 1.57 bits per heavy atom. The monoisotopic (exact) mass is 384 g/mol. The maximum absolute atomic E-state index is 12.6. The summed E-state index contributed by atoms with van der Waals surface area (Å²) in [5.41, 5.74) is 1.66. The van der Waals surface area contributed by atoms with Crippen LogP contribution in [0.2, 0.25) is 0 Å². The standard InChI is InChI=1S/C22H28N2O4/c1-6-24(7-2)22(26)16-8-11-18(12-9-16)23-21(25)17-10-13-19(28-15(3)4)20(14-17)27-5/h8-15H,6-7H2,1-5H3,(H,23,25). The van der Waals surface area contributed by atoms with Gasteiger partial charge in [0.1, 0.15) is 0 Å². The quantitative estimate of drug-likeness (QED) is 0.740. The highest BCUT2D eigenvalue weighted by atomic mass is 16.5. The van der Waals surface area contributed by atoms with Crippen molar-refractivity contribution in [1.29, 1.82) is 0 Å². The van der Waals surface area contributed by atoms with Crippen molar-refractivity contribution in [3.8, 4) is 11.5 Å². The maximum atomic E-state index is 12.6. The summed E-state index contributed by atoms with van der Waals surface area (Å²) in [6.45, 7) is 9.06. The van der Waals surface area contributed by atoms with Gasteiger partial charge >= 0.3 is 0 Å². The highest BCUT2D eigenvalue weighted by Gasteiger charge is 2.14. The van der Waals surface area contributed by atoms with E-state index in [4.69, 9.17) is 9.47 Å². The minimum Gasteiger partial charge on any atom is -0.493 e. The summed E-state index contributed by atoms with van der Waals surface area (Å²) in [5.74, 6) is 0.806. The molecular formula is C22H28N2O4. The van der Waals surface area contributed by atoms with Crippen LogP contribution in [0.25, 0.3) is 0 Å². The lowest BCUT2D eigenvalue weighted by Crippen LogP contribution is -2.30. The molecule has 2 aromatic rings. The molecular weight excluding hydrogens is 356 g/mol. The van der Waals surface area contributed by atoms with Crippen LogP contribution in [0.15, 0.2) is 42.5 Å². The second-order valence-corrected chi connectivity index (χ2v) is 6.54. The number of nitrogens with zero attached hydrogens (tertiary/aromatic N) is 1. The number of hydrogen-bond acceptors (Lipinski definition) is 4. The number of ether oxygens (including phenoxy) is 2. The molecule has 0 saturated heterocycles. The van der Waals surface area contributed by atoms with Gasteiger partial charge in [0.15, 0.2) is 11.5 Å². The van der Waals surface area contributed by atoms with Crippen LogP contribution in [0.4, 0.5) is 5.69 Å². The van der Waals surface area contributed by atoms with Crippen LogP contribution in [0.5, 0.6) is 11.5 Å². The SMILES string of the molecule is CCN(CC)C(=O)c1ccc(NC(=O)c2ccc(OC(C)C)c(OC)c2)cc1. The summed E-state index contributed by atoms with van der Waals surface area (Å²) in [5, 5.41) is 2.83. The largest absolute Gasteiger partial charge is 0.493 e. The number of hydrogen-bond donors (Lipinski definition) is 1. The van der Waals surface area contributed by atoms with E-state index in [1.54, 1.807) is 47.4 Å². The highest BCUT2D eigenvalue weighted by molar-refractivity contribution is 6.05. The van der Waals surface area contributed by atoms with Crippen molar-refractivity contribution in [3.63, 3.8) is 0 Å². The molecule has 1 N–H and O–H groups in total. The molecule has 28 heavy (non-hydrogen) atoms. The molecule has 0 aromatic heterocycles. The van der Waals surface area contributed by atoms with Gasteiger partial charge in [-0.3, -0.25) is 9.59 Å². The zero-order valence-electron chi connectivity index (χ0n) is 17.1. The average Bonchev–Trinajstić information content (AvgIpc) is 2.69. The molecule has 0 heterocycles. The molecule has 2 amide bonds. The van der Waals surface area contributed by atoms with Gasteiger partial charge in [0.25, 0.3) is 11.8 Å². The summed E-state index contributed by atoms with van der Waals surface area (Å²) in [4.78, 5) is 26.7. The van der Waals surface area contributed by atoms with E-state index >= 15 is 0 Å². The molecule has 0 radical (unpaired) electrons. The number of rotatable bonds is 8. The van der Waals surface area contributed by atoms with E-state index in [0.717, 1.165) is 0 Å². The molecule has 0 aliphatic heterocycles. The minimum absolute atomic E-state index is 0.00569. The Kier molecular flexibility index (Phi) is 7.44. The van der Waals surface area contributed by atoms with E-state index in [0.29, 0.717) is 41.4 Å². The Bertz CT molecular complexity index is 812. The smallest absolute Gasteiger partial charge is 0.255 e. The Morgan fingerprint density at radius 3 is 2.11 bits per heavy atom. The van der Waals surface area contributed by atoms with Crippen LogP contribution >= 0.6 is 0 Å². The number of benzene rings is 2. The second-order valence-electron chi connectivity index (χ2n) is 6.54. The summed E-state index contributed by atoms with van der Waals surface area (Å²) >= 11 is 0. The van der Waals surface area contributed by atoms with E-state index in [2.05, 4.69) is 5.32 Å². The van der Waals surface area contributed by atoms with E-state index in [-0.39, 0.29) is 17.9 Å². The van der Waals surface area contributed by atoms with Crippen molar-refractivity contribution in [2.45, 2.75) is 33.8 Å². The highest BCUT2D eigenvalue weighted by Crippen LogP contribution is 2.29. The maximum Gasteiger partial charge on any atom is 0.255 e. The predicted octanol–water partition coefficient (Wildman–Crippen LogP) is 4.22. The third kappa shape index (κ3) is 5.25. The number of amides is 2. The van der Waals surface area contributed by atoms with Crippen molar-refractivity contribution in [2.24, 2.45) is 0 Å². The first-order valence-corrected chi connectivity index (χ1v) is 9.44. The molecule has 2 rings (SSSR count). The van der Waals surface area contributed by atoms with Gasteiger partial charge in [-0.15, -0.1) is 0 Å². The third-order valence-electron chi connectivity index (χ3n) is 4.23. The summed E-state index contributed by atoms with van der Waals surface area (Å²) in [7, 11) is 1.54. The Hall–Kier alpha value is -3.02. The number of carbonyl (C=O) groups is 2. The van der Waals surface area contributed by atoms with Crippen molar-refractivity contribution in [1.82, 2.24) is 4.90 Å². The molecule has 6 heteroatoms. The molecule has 0 bridgehead atoms. The Balaban J connectivity index is 2.11. The molecule has 6 nitrogen and oxygen atoms in total. The first kappa shape index (κ1) is 21.3. The first-order chi connectivity index (χ1) is 13.4. The van der Waals surface area contributed by atoms with Gasteiger partial charge in [0.05, 0.1) is 13.2 Å². The average molecular weight is 384 g/mol. The Labute approximate surface area is 166 Å². The number of nitrogens with one attached hydrogen (secondary N) is 1. The normalized spacial score (nSPS) is 10.5. The van der Waals surface area contributed by atoms with E-state index < -0.39 is 0 Å². The van der Waals surface area contributed by atoms with E-state index in [9.17, 15) is 9.59 Å². The van der Waals surface area contributed by atoms with Gasteiger partial charge in [-0.05, 0) is 70.2 Å². The molecule has 0 spiro atoms. The fourth-order valence-electron chi connectivity index (χ4n) is 2.75. The van der Waals surface area contributed by atoms with Crippen LogP contribution in [-0.2, 0) is 0 Å². The van der Waals surface area contributed by atoms with Crippen LogP contribution in [0.1, 0.15) is 48.4 Å². The molecule has 0 atom stereocenters. The van der Waals surface area contributed by atoms with Crippen LogP contribution < -0.4 is 14.8 Å². The zero-order valence-corrected chi connectivity index (χ0v) is 17.1. The van der Waals surface area contributed by atoms with E-state index in [1.807, 2.05) is 27.7 Å². The number of methoxy groups -OCH3 is 1. The summed E-state index contributed by atoms with van der Waals surface area (Å²) < 4.78 is 11.0. The van der Waals surface area contributed by atoms with E-state index in [1.165, 1.54) is 7.11 Å². The number of anilines is 1. The summed E-state index contributed by atoms with van der Waals surface area (Å²) in [6.07, 6.45) is 0.00569. The first-order valence-electron chi connectivity index (χ1n) is 9.44. The van der Waals surface area contributed by atoms with Crippen LogP contribution in [0, 0.1) is 0 Å². The van der Waals surface area contributed by atoms with Crippen LogP contribution in [-0.4, -0.2) is 43.0 Å². The van der Waals surface area contributed by atoms with Gasteiger partial charge in [0.2, 0.25) is 0 Å². The lowest BCUT2D eigenvalue weighted by molar-refractivity contribution is 0.0773. The van der Waals surface area contributed by atoms with Crippen LogP contribution in [0.3, 0.4) is 0 Å². The Morgan fingerprint density at radius 1 is 0.964 bits per heavy atom. The molecule has 0 fully saturated rings. The zero-order chi connectivity index (χ0) is 20.7. The molecule has 2 aromatic carbocycles. The van der Waals surface area contributed by atoms with Crippen molar-refractivity contribution in [2.75, 3.05) is 25.5 Å².